The Bertz CT molecular complexity index is 650. The van der Waals surface area contributed by atoms with Gasteiger partial charge in [-0.1, -0.05) is 0 Å². The van der Waals surface area contributed by atoms with E-state index in [1.54, 1.807) is 12.1 Å². The van der Waals surface area contributed by atoms with Gasteiger partial charge in [0.15, 0.2) is 11.5 Å². The van der Waals surface area contributed by atoms with Crippen LogP contribution in [0.3, 0.4) is 0 Å². The molecular formula is C14H11BrFNO3. The maximum atomic E-state index is 13.7. The Morgan fingerprint density at radius 2 is 2.10 bits per heavy atom. The number of pyridine rings is 1. The highest BCUT2D eigenvalue weighted by atomic mass is 79.9. The Morgan fingerprint density at radius 3 is 2.90 bits per heavy atom. The van der Waals surface area contributed by atoms with E-state index >= 15 is 0 Å². The predicted molar refractivity (Wildman–Crippen MR) is 73.4 cm³/mol. The summed E-state index contributed by atoms with van der Waals surface area (Å²) in [5, 5.41) is 10.3. The molecule has 2 aromatic rings. The van der Waals surface area contributed by atoms with Gasteiger partial charge in [0.1, 0.15) is 25.1 Å². The van der Waals surface area contributed by atoms with Crippen LogP contribution in [0.4, 0.5) is 4.39 Å². The van der Waals surface area contributed by atoms with Gasteiger partial charge < -0.3 is 14.6 Å². The van der Waals surface area contributed by atoms with Gasteiger partial charge in [0.25, 0.3) is 0 Å². The first-order valence-corrected chi connectivity index (χ1v) is 6.82. The Morgan fingerprint density at radius 1 is 1.30 bits per heavy atom. The van der Waals surface area contributed by atoms with Crippen molar-refractivity contribution in [2.24, 2.45) is 0 Å². The molecule has 1 aliphatic rings. The van der Waals surface area contributed by atoms with Crippen molar-refractivity contribution in [1.29, 1.82) is 0 Å². The van der Waals surface area contributed by atoms with Crippen LogP contribution in [0.15, 0.2) is 35.1 Å². The molecule has 6 heteroatoms. The van der Waals surface area contributed by atoms with Gasteiger partial charge in [0.2, 0.25) is 0 Å². The van der Waals surface area contributed by atoms with E-state index in [0.717, 1.165) is 6.20 Å². The van der Waals surface area contributed by atoms with E-state index in [1.165, 1.54) is 12.3 Å². The lowest BCUT2D eigenvalue weighted by molar-refractivity contribution is 0.168. The fourth-order valence-electron chi connectivity index (χ4n) is 2.08. The fourth-order valence-corrected chi connectivity index (χ4v) is 2.65. The zero-order valence-corrected chi connectivity index (χ0v) is 11.9. The van der Waals surface area contributed by atoms with Crippen LogP contribution in [0.5, 0.6) is 11.5 Å². The van der Waals surface area contributed by atoms with Crippen molar-refractivity contribution < 1.29 is 19.0 Å². The summed E-state index contributed by atoms with van der Waals surface area (Å²) in [6, 6.07) is 4.80. The molecule has 0 radical (unpaired) electrons. The number of aromatic nitrogens is 1. The zero-order valence-electron chi connectivity index (χ0n) is 10.3. The number of halogens is 2. The van der Waals surface area contributed by atoms with Gasteiger partial charge in [-0.3, -0.25) is 4.98 Å². The van der Waals surface area contributed by atoms with E-state index in [0.29, 0.717) is 34.7 Å². The first-order valence-electron chi connectivity index (χ1n) is 6.03. The standard InChI is InChI=1S/C14H11BrFNO3/c15-10-5-8(6-12-14(10)20-4-3-19-12)13(18)9-1-2-17-7-11(9)16/h1-2,5-7,13,18H,3-4H2. The molecule has 0 amide bonds. The second-order valence-corrected chi connectivity index (χ2v) is 5.18. The summed E-state index contributed by atoms with van der Waals surface area (Å²) >= 11 is 3.37. The Balaban J connectivity index is 2.02. The third kappa shape index (κ3) is 2.36. The third-order valence-electron chi connectivity index (χ3n) is 3.03. The van der Waals surface area contributed by atoms with E-state index in [9.17, 15) is 9.50 Å². The van der Waals surface area contributed by atoms with Gasteiger partial charge in [0.05, 0.1) is 10.7 Å². The van der Waals surface area contributed by atoms with Gasteiger partial charge in [-0.05, 0) is 39.7 Å². The van der Waals surface area contributed by atoms with Crippen molar-refractivity contribution in [2.75, 3.05) is 13.2 Å². The number of hydrogen-bond donors (Lipinski definition) is 1. The van der Waals surface area contributed by atoms with Crippen molar-refractivity contribution in [2.45, 2.75) is 6.10 Å². The maximum absolute atomic E-state index is 13.7. The average Bonchev–Trinajstić information content (AvgIpc) is 2.47. The lowest BCUT2D eigenvalue weighted by Gasteiger charge is -2.22. The molecule has 0 saturated heterocycles. The minimum absolute atomic E-state index is 0.170. The van der Waals surface area contributed by atoms with Gasteiger partial charge in [-0.2, -0.15) is 0 Å². The highest BCUT2D eigenvalue weighted by Gasteiger charge is 2.21. The highest BCUT2D eigenvalue weighted by molar-refractivity contribution is 9.10. The van der Waals surface area contributed by atoms with E-state index < -0.39 is 11.9 Å². The quantitative estimate of drug-likeness (QED) is 0.914. The van der Waals surface area contributed by atoms with Gasteiger partial charge in [-0.25, -0.2) is 4.39 Å². The smallest absolute Gasteiger partial charge is 0.175 e. The lowest BCUT2D eigenvalue weighted by atomic mass is 10.0. The van der Waals surface area contributed by atoms with Crippen LogP contribution >= 0.6 is 15.9 Å². The molecule has 0 saturated carbocycles. The number of hydrogen-bond acceptors (Lipinski definition) is 4. The molecule has 0 fully saturated rings. The molecule has 1 aliphatic heterocycles. The van der Waals surface area contributed by atoms with Crippen molar-refractivity contribution in [3.05, 3.63) is 52.0 Å². The second kappa shape index (κ2) is 5.38. The number of nitrogens with zero attached hydrogens (tertiary/aromatic N) is 1. The van der Waals surface area contributed by atoms with Crippen molar-refractivity contribution >= 4 is 15.9 Å². The summed E-state index contributed by atoms with van der Waals surface area (Å²) in [6.45, 7) is 0.926. The Kier molecular flexibility index (Phi) is 3.58. The number of benzene rings is 1. The lowest BCUT2D eigenvalue weighted by Crippen LogP contribution is -2.16. The van der Waals surface area contributed by atoms with Crippen LogP contribution in [-0.4, -0.2) is 23.3 Å². The highest BCUT2D eigenvalue weighted by Crippen LogP contribution is 2.40. The Labute approximate surface area is 123 Å². The zero-order chi connectivity index (χ0) is 14.1. The van der Waals surface area contributed by atoms with E-state index in [-0.39, 0.29) is 5.56 Å². The van der Waals surface area contributed by atoms with E-state index in [1.807, 2.05) is 0 Å². The van der Waals surface area contributed by atoms with Gasteiger partial charge >= 0.3 is 0 Å². The molecule has 1 aromatic carbocycles. The molecule has 3 rings (SSSR count). The van der Waals surface area contributed by atoms with Crippen LogP contribution in [0, 0.1) is 5.82 Å². The topological polar surface area (TPSA) is 51.6 Å². The molecule has 0 spiro atoms. The van der Waals surface area contributed by atoms with Crippen molar-refractivity contribution in [3.63, 3.8) is 0 Å². The summed E-state index contributed by atoms with van der Waals surface area (Å²) in [6.07, 6.45) is 1.42. The van der Waals surface area contributed by atoms with Gasteiger partial charge in [-0.15, -0.1) is 0 Å². The van der Waals surface area contributed by atoms with Crippen LogP contribution in [0.25, 0.3) is 0 Å². The minimum Gasteiger partial charge on any atom is -0.486 e. The number of rotatable bonds is 2. The molecule has 4 nitrogen and oxygen atoms in total. The van der Waals surface area contributed by atoms with Gasteiger partial charge in [0, 0.05) is 11.8 Å². The summed E-state index contributed by atoms with van der Waals surface area (Å²) in [5.74, 6) is 0.586. The first kappa shape index (κ1) is 13.3. The largest absolute Gasteiger partial charge is 0.486 e. The monoisotopic (exact) mass is 339 g/mol. The number of aliphatic hydroxyl groups is 1. The van der Waals surface area contributed by atoms with Crippen LogP contribution < -0.4 is 9.47 Å². The Hall–Kier alpha value is -1.66. The number of ether oxygens (including phenoxy) is 2. The number of aliphatic hydroxyl groups excluding tert-OH is 1. The van der Waals surface area contributed by atoms with Crippen LogP contribution in [-0.2, 0) is 0 Å². The average molecular weight is 340 g/mol. The van der Waals surface area contributed by atoms with Crippen LogP contribution in [0.1, 0.15) is 17.2 Å². The number of fused-ring (bicyclic) bond motifs is 1. The summed E-state index contributed by atoms with van der Waals surface area (Å²) in [5.41, 5.74) is 0.690. The molecule has 0 bridgehead atoms. The summed E-state index contributed by atoms with van der Waals surface area (Å²) < 4.78 is 25.3. The van der Waals surface area contributed by atoms with Crippen molar-refractivity contribution in [3.8, 4) is 11.5 Å². The summed E-state index contributed by atoms with van der Waals surface area (Å²) in [7, 11) is 0. The predicted octanol–water partition coefficient (Wildman–Crippen LogP) is 2.84. The normalized spacial score (nSPS) is 14.9. The summed E-state index contributed by atoms with van der Waals surface area (Å²) in [4.78, 5) is 3.67. The molecular weight excluding hydrogens is 329 g/mol. The first-order chi connectivity index (χ1) is 9.66. The SMILES string of the molecule is OC(c1cc(Br)c2c(c1)OCCO2)c1ccncc1F. The molecule has 0 aliphatic carbocycles. The molecule has 2 heterocycles. The van der Waals surface area contributed by atoms with E-state index in [4.69, 9.17) is 9.47 Å². The molecule has 20 heavy (non-hydrogen) atoms. The molecule has 104 valence electrons. The molecule has 1 atom stereocenters. The third-order valence-corrected chi connectivity index (χ3v) is 3.62. The van der Waals surface area contributed by atoms with E-state index in [2.05, 4.69) is 20.9 Å². The molecule has 1 aromatic heterocycles. The molecule has 1 unspecified atom stereocenters. The van der Waals surface area contributed by atoms with Crippen molar-refractivity contribution in [1.82, 2.24) is 4.98 Å². The fraction of sp³-hybridized carbons (Fsp3) is 0.214. The van der Waals surface area contributed by atoms with Crippen LogP contribution in [0.2, 0.25) is 0 Å². The minimum atomic E-state index is -1.09. The maximum Gasteiger partial charge on any atom is 0.175 e. The molecule has 1 N–H and O–H groups in total. The second-order valence-electron chi connectivity index (χ2n) is 4.33.